The van der Waals surface area contributed by atoms with E-state index in [0.29, 0.717) is 24.9 Å². The van der Waals surface area contributed by atoms with Gasteiger partial charge in [0.2, 0.25) is 11.8 Å². The molecule has 0 aromatic carbocycles. The fourth-order valence-electron chi connectivity index (χ4n) is 3.89. The Hall–Kier alpha value is -2.31. The molecule has 1 aliphatic heterocycles. The second-order valence-corrected chi connectivity index (χ2v) is 7.67. The normalized spacial score (nSPS) is 20.4. The van der Waals surface area contributed by atoms with Crippen LogP contribution in [0.5, 0.6) is 5.88 Å². The van der Waals surface area contributed by atoms with Gasteiger partial charge in [-0.25, -0.2) is 4.98 Å². The molecule has 1 amide bonds. The molecule has 1 saturated heterocycles. The van der Waals surface area contributed by atoms with E-state index in [1.54, 1.807) is 7.05 Å². The third kappa shape index (κ3) is 5.59. The maximum Gasteiger partial charge on any atom is 0.225 e. The molecule has 2 fully saturated rings. The monoisotopic (exact) mass is 387 g/mol. The molecule has 2 aliphatic rings. The van der Waals surface area contributed by atoms with Crippen LogP contribution >= 0.6 is 0 Å². The van der Waals surface area contributed by atoms with Crippen LogP contribution in [0.4, 0.5) is 0 Å². The van der Waals surface area contributed by atoms with Gasteiger partial charge >= 0.3 is 0 Å². The van der Waals surface area contributed by atoms with Gasteiger partial charge in [0.25, 0.3) is 0 Å². The smallest absolute Gasteiger partial charge is 0.225 e. The lowest BCUT2D eigenvalue weighted by molar-refractivity contribution is -0.134. The average molecular weight is 388 g/mol. The predicted octanol–water partition coefficient (Wildman–Crippen LogP) is 2.33. The number of ether oxygens (including phenoxy) is 1. The summed E-state index contributed by atoms with van der Waals surface area (Å²) in [6.07, 6.45) is 8.27. The number of amides is 1. The van der Waals surface area contributed by atoms with Crippen molar-refractivity contribution in [2.75, 3.05) is 26.7 Å². The third-order valence-electron chi connectivity index (χ3n) is 5.48. The third-order valence-corrected chi connectivity index (χ3v) is 5.48. The molecule has 1 saturated carbocycles. The molecular formula is C21H33N5O2. The Kier molecular flexibility index (Phi) is 7.51. The van der Waals surface area contributed by atoms with Crippen LogP contribution in [0.2, 0.25) is 0 Å². The van der Waals surface area contributed by atoms with E-state index in [-0.39, 0.29) is 12.0 Å². The number of aliphatic imine (C=N–C) groups is 1. The molecule has 1 aromatic heterocycles. The maximum absolute atomic E-state index is 12.6. The van der Waals surface area contributed by atoms with E-state index in [9.17, 15) is 4.79 Å². The van der Waals surface area contributed by atoms with Gasteiger partial charge in [-0.15, -0.1) is 0 Å². The molecule has 7 nitrogen and oxygen atoms in total. The number of carbonyl (C=O) groups is 1. The van der Waals surface area contributed by atoms with Gasteiger partial charge in [-0.3, -0.25) is 9.79 Å². The molecule has 154 valence electrons. The number of guanidine groups is 1. The summed E-state index contributed by atoms with van der Waals surface area (Å²) in [7, 11) is 1.77. The number of nitrogens with zero attached hydrogens (tertiary/aromatic N) is 3. The van der Waals surface area contributed by atoms with Crippen molar-refractivity contribution in [3.63, 3.8) is 0 Å². The molecule has 0 radical (unpaired) electrons. The SMILES string of the molecule is CCCOc1ccc(CNC(=NC)NC2CCN(C(=O)C3CCCC3)C2)cn1. The lowest BCUT2D eigenvalue weighted by atomic mass is 10.1. The highest BCUT2D eigenvalue weighted by atomic mass is 16.5. The van der Waals surface area contributed by atoms with Crippen LogP contribution in [0.25, 0.3) is 0 Å². The summed E-state index contributed by atoms with van der Waals surface area (Å²) in [5.74, 6) is 2.02. The van der Waals surface area contributed by atoms with Crippen LogP contribution in [0, 0.1) is 5.92 Å². The van der Waals surface area contributed by atoms with E-state index in [1.165, 1.54) is 12.8 Å². The van der Waals surface area contributed by atoms with Crippen molar-refractivity contribution in [2.45, 2.75) is 58.0 Å². The van der Waals surface area contributed by atoms with Crippen molar-refractivity contribution < 1.29 is 9.53 Å². The number of rotatable bonds is 7. The number of aromatic nitrogens is 1. The zero-order chi connectivity index (χ0) is 19.8. The molecule has 0 spiro atoms. The van der Waals surface area contributed by atoms with Gasteiger partial charge in [-0.1, -0.05) is 25.8 Å². The highest BCUT2D eigenvalue weighted by molar-refractivity contribution is 5.81. The van der Waals surface area contributed by atoms with E-state index in [2.05, 4.69) is 27.5 Å². The maximum atomic E-state index is 12.6. The molecule has 2 N–H and O–H groups in total. The Balaban J connectivity index is 1.42. The molecule has 1 aromatic rings. The summed E-state index contributed by atoms with van der Waals surface area (Å²) in [4.78, 5) is 23.3. The van der Waals surface area contributed by atoms with E-state index >= 15 is 0 Å². The molecule has 1 aliphatic carbocycles. The first-order valence-electron chi connectivity index (χ1n) is 10.5. The Morgan fingerprint density at radius 3 is 2.82 bits per heavy atom. The van der Waals surface area contributed by atoms with Crippen LogP contribution < -0.4 is 15.4 Å². The van der Waals surface area contributed by atoms with Crippen molar-refractivity contribution in [1.82, 2.24) is 20.5 Å². The largest absolute Gasteiger partial charge is 0.478 e. The van der Waals surface area contributed by atoms with Crippen LogP contribution in [-0.2, 0) is 11.3 Å². The molecule has 28 heavy (non-hydrogen) atoms. The van der Waals surface area contributed by atoms with Gasteiger partial charge < -0.3 is 20.3 Å². The predicted molar refractivity (Wildman–Crippen MR) is 110 cm³/mol. The molecular weight excluding hydrogens is 354 g/mol. The number of hydrogen-bond acceptors (Lipinski definition) is 4. The minimum absolute atomic E-state index is 0.250. The van der Waals surface area contributed by atoms with Crippen LogP contribution in [0.15, 0.2) is 23.3 Å². The van der Waals surface area contributed by atoms with Crippen molar-refractivity contribution in [1.29, 1.82) is 0 Å². The number of likely N-dealkylation sites (tertiary alicyclic amines) is 1. The number of carbonyl (C=O) groups excluding carboxylic acids is 1. The van der Waals surface area contributed by atoms with E-state index in [0.717, 1.165) is 50.3 Å². The highest BCUT2D eigenvalue weighted by Gasteiger charge is 2.32. The van der Waals surface area contributed by atoms with Crippen LogP contribution in [0.1, 0.15) is 51.0 Å². The molecule has 7 heteroatoms. The summed E-state index contributed by atoms with van der Waals surface area (Å²) in [6, 6.07) is 4.15. The Bertz CT molecular complexity index is 655. The fourth-order valence-corrected chi connectivity index (χ4v) is 3.89. The summed E-state index contributed by atoms with van der Waals surface area (Å²) < 4.78 is 5.51. The summed E-state index contributed by atoms with van der Waals surface area (Å²) in [5, 5.41) is 6.78. The van der Waals surface area contributed by atoms with E-state index < -0.39 is 0 Å². The van der Waals surface area contributed by atoms with Crippen molar-refractivity contribution >= 4 is 11.9 Å². The summed E-state index contributed by atoms with van der Waals surface area (Å²) in [5.41, 5.74) is 1.07. The lowest BCUT2D eigenvalue weighted by Gasteiger charge is -2.21. The second-order valence-electron chi connectivity index (χ2n) is 7.67. The zero-order valence-electron chi connectivity index (χ0n) is 17.1. The summed E-state index contributed by atoms with van der Waals surface area (Å²) in [6.45, 7) is 5.00. The Morgan fingerprint density at radius 1 is 1.32 bits per heavy atom. The average Bonchev–Trinajstić information content (AvgIpc) is 3.42. The topological polar surface area (TPSA) is 78.9 Å². The highest BCUT2D eigenvalue weighted by Crippen LogP contribution is 2.27. The first-order valence-corrected chi connectivity index (χ1v) is 10.5. The fraction of sp³-hybridized carbons (Fsp3) is 0.667. The standard InChI is InChI=1S/C21H33N5O2/c1-3-12-28-19-9-8-16(13-23-19)14-24-21(22-2)25-18-10-11-26(15-18)20(27)17-6-4-5-7-17/h8-9,13,17-18H,3-7,10-12,14-15H2,1-2H3,(H2,22,24,25). The first kappa shape index (κ1) is 20.4. The molecule has 1 unspecified atom stereocenters. The van der Waals surface area contributed by atoms with Crippen molar-refractivity contribution in [3.05, 3.63) is 23.9 Å². The van der Waals surface area contributed by atoms with Crippen molar-refractivity contribution in [2.24, 2.45) is 10.9 Å². The van der Waals surface area contributed by atoms with Gasteiger partial charge in [0.1, 0.15) is 0 Å². The van der Waals surface area contributed by atoms with Crippen LogP contribution in [-0.4, -0.2) is 54.5 Å². The summed E-state index contributed by atoms with van der Waals surface area (Å²) >= 11 is 0. The van der Waals surface area contributed by atoms with Gasteiger partial charge in [0, 0.05) is 50.9 Å². The van der Waals surface area contributed by atoms with Gasteiger partial charge in [-0.2, -0.15) is 0 Å². The van der Waals surface area contributed by atoms with E-state index in [1.807, 2.05) is 23.2 Å². The lowest BCUT2D eigenvalue weighted by Crippen LogP contribution is -2.45. The Labute approximate surface area is 168 Å². The quantitative estimate of drug-likeness (QED) is 0.555. The second kappa shape index (κ2) is 10.3. The molecule has 0 bridgehead atoms. The minimum Gasteiger partial charge on any atom is -0.478 e. The molecule has 2 heterocycles. The number of nitrogens with one attached hydrogen (secondary N) is 2. The van der Waals surface area contributed by atoms with E-state index in [4.69, 9.17) is 4.74 Å². The minimum atomic E-state index is 0.250. The number of hydrogen-bond donors (Lipinski definition) is 2. The molecule has 3 rings (SSSR count). The van der Waals surface area contributed by atoms with Crippen molar-refractivity contribution in [3.8, 4) is 5.88 Å². The van der Waals surface area contributed by atoms with Crippen LogP contribution in [0.3, 0.4) is 0 Å². The zero-order valence-corrected chi connectivity index (χ0v) is 17.1. The van der Waals surface area contributed by atoms with Gasteiger partial charge in [-0.05, 0) is 31.2 Å². The first-order chi connectivity index (χ1) is 13.7. The number of pyridine rings is 1. The van der Waals surface area contributed by atoms with Gasteiger partial charge in [0.15, 0.2) is 5.96 Å². The Morgan fingerprint density at radius 2 is 2.14 bits per heavy atom. The van der Waals surface area contributed by atoms with Gasteiger partial charge in [0.05, 0.1) is 6.61 Å². The molecule has 1 atom stereocenters.